The average molecular weight is 288 g/mol. The molecule has 4 heteroatoms. The van der Waals surface area contributed by atoms with Gasteiger partial charge in [0.15, 0.2) is 0 Å². The summed E-state index contributed by atoms with van der Waals surface area (Å²) in [7, 11) is 0. The Labute approximate surface area is 119 Å². The first kappa shape index (κ1) is 15.3. The van der Waals surface area contributed by atoms with E-state index in [0.29, 0.717) is 28.1 Å². The van der Waals surface area contributed by atoms with E-state index in [4.69, 9.17) is 23.2 Å². The predicted octanol–water partition coefficient (Wildman–Crippen LogP) is 4.50. The van der Waals surface area contributed by atoms with E-state index in [1.807, 2.05) is 18.7 Å². The molecule has 0 atom stereocenters. The second-order valence-electron chi connectivity index (χ2n) is 5.05. The highest BCUT2D eigenvalue weighted by Crippen LogP contribution is 2.27. The van der Waals surface area contributed by atoms with Gasteiger partial charge in [-0.3, -0.25) is 4.79 Å². The summed E-state index contributed by atoms with van der Waals surface area (Å²) in [6, 6.07) is 5.28. The van der Waals surface area contributed by atoms with Gasteiger partial charge in [-0.25, -0.2) is 0 Å². The summed E-state index contributed by atoms with van der Waals surface area (Å²) in [5.74, 6) is 0.348. The fourth-order valence-corrected chi connectivity index (χ4v) is 2.13. The Hall–Kier alpha value is -0.730. The van der Waals surface area contributed by atoms with E-state index in [1.54, 1.807) is 18.2 Å². The number of halogens is 2. The van der Waals surface area contributed by atoms with E-state index in [2.05, 4.69) is 13.8 Å². The fourth-order valence-electron chi connectivity index (χ4n) is 1.75. The summed E-state index contributed by atoms with van der Waals surface area (Å²) >= 11 is 12.0. The summed E-state index contributed by atoms with van der Waals surface area (Å²) in [6.07, 6.45) is 0. The summed E-state index contributed by atoms with van der Waals surface area (Å²) in [4.78, 5) is 14.3. The van der Waals surface area contributed by atoms with Gasteiger partial charge in [-0.05, 0) is 31.9 Å². The Balaban J connectivity index is 3.06. The maximum absolute atomic E-state index is 12.5. The summed E-state index contributed by atoms with van der Waals surface area (Å²) in [5, 5.41) is 0.745. The van der Waals surface area contributed by atoms with Crippen LogP contribution in [-0.2, 0) is 0 Å². The molecule has 0 saturated heterocycles. The molecular weight excluding hydrogens is 269 g/mol. The lowest BCUT2D eigenvalue weighted by atomic mass is 10.1. The van der Waals surface area contributed by atoms with Crippen LogP contribution in [0.15, 0.2) is 18.2 Å². The van der Waals surface area contributed by atoms with Gasteiger partial charge < -0.3 is 4.90 Å². The predicted molar refractivity (Wildman–Crippen MR) is 77.5 cm³/mol. The molecule has 18 heavy (non-hydrogen) atoms. The molecule has 0 saturated carbocycles. The van der Waals surface area contributed by atoms with Crippen LogP contribution in [0.5, 0.6) is 0 Å². The monoisotopic (exact) mass is 287 g/mol. The highest BCUT2D eigenvalue weighted by molar-refractivity contribution is 6.43. The zero-order chi connectivity index (χ0) is 13.9. The van der Waals surface area contributed by atoms with Crippen LogP contribution in [-0.4, -0.2) is 23.4 Å². The Morgan fingerprint density at radius 3 is 2.33 bits per heavy atom. The molecule has 0 radical (unpaired) electrons. The quantitative estimate of drug-likeness (QED) is 0.798. The number of rotatable bonds is 4. The smallest absolute Gasteiger partial charge is 0.255 e. The van der Waals surface area contributed by atoms with Crippen LogP contribution in [0.2, 0.25) is 10.0 Å². The number of nitrogens with zero attached hydrogens (tertiary/aromatic N) is 1. The van der Waals surface area contributed by atoms with Gasteiger partial charge in [0.1, 0.15) is 0 Å². The molecule has 0 unspecified atom stereocenters. The van der Waals surface area contributed by atoms with Crippen molar-refractivity contribution in [1.82, 2.24) is 4.90 Å². The molecule has 0 aliphatic heterocycles. The van der Waals surface area contributed by atoms with Crippen molar-refractivity contribution in [2.45, 2.75) is 33.7 Å². The SMILES string of the molecule is CC(C)CN(C(=O)c1cccc(Cl)c1Cl)C(C)C. The number of hydrogen-bond acceptors (Lipinski definition) is 1. The van der Waals surface area contributed by atoms with E-state index >= 15 is 0 Å². The van der Waals surface area contributed by atoms with Crippen LogP contribution in [0.25, 0.3) is 0 Å². The van der Waals surface area contributed by atoms with Gasteiger partial charge in [0, 0.05) is 12.6 Å². The molecule has 0 spiro atoms. The van der Waals surface area contributed by atoms with Crippen LogP contribution in [0.1, 0.15) is 38.1 Å². The van der Waals surface area contributed by atoms with E-state index in [-0.39, 0.29) is 11.9 Å². The van der Waals surface area contributed by atoms with Crippen molar-refractivity contribution in [2.75, 3.05) is 6.54 Å². The first-order valence-electron chi connectivity index (χ1n) is 6.09. The lowest BCUT2D eigenvalue weighted by Gasteiger charge is -2.29. The number of benzene rings is 1. The average Bonchev–Trinajstić information content (AvgIpc) is 2.28. The van der Waals surface area contributed by atoms with Crippen molar-refractivity contribution in [3.8, 4) is 0 Å². The van der Waals surface area contributed by atoms with Crippen molar-refractivity contribution in [3.05, 3.63) is 33.8 Å². The molecule has 0 aromatic heterocycles. The second kappa shape index (κ2) is 6.44. The summed E-state index contributed by atoms with van der Waals surface area (Å²) in [5.41, 5.74) is 0.471. The van der Waals surface area contributed by atoms with Crippen LogP contribution in [0.3, 0.4) is 0 Å². The molecule has 0 aliphatic rings. The van der Waals surface area contributed by atoms with Crippen LogP contribution >= 0.6 is 23.2 Å². The first-order valence-corrected chi connectivity index (χ1v) is 6.85. The third-order valence-corrected chi connectivity index (χ3v) is 3.45. The largest absolute Gasteiger partial charge is 0.336 e. The summed E-state index contributed by atoms with van der Waals surface area (Å²) < 4.78 is 0. The zero-order valence-electron chi connectivity index (χ0n) is 11.2. The van der Waals surface area contributed by atoms with Gasteiger partial charge in [-0.2, -0.15) is 0 Å². The molecular formula is C14H19Cl2NO. The highest BCUT2D eigenvalue weighted by atomic mass is 35.5. The molecule has 1 aromatic carbocycles. The van der Waals surface area contributed by atoms with Crippen LogP contribution in [0, 0.1) is 5.92 Å². The molecule has 0 heterocycles. The van der Waals surface area contributed by atoms with Crippen molar-refractivity contribution < 1.29 is 4.79 Å². The van der Waals surface area contributed by atoms with Crippen molar-refractivity contribution >= 4 is 29.1 Å². The highest BCUT2D eigenvalue weighted by Gasteiger charge is 2.22. The Morgan fingerprint density at radius 1 is 1.22 bits per heavy atom. The van der Waals surface area contributed by atoms with Gasteiger partial charge in [0.2, 0.25) is 0 Å². The molecule has 2 nitrogen and oxygen atoms in total. The number of hydrogen-bond donors (Lipinski definition) is 0. The van der Waals surface area contributed by atoms with E-state index in [1.165, 1.54) is 0 Å². The lowest BCUT2D eigenvalue weighted by molar-refractivity contribution is 0.0682. The molecule has 0 aliphatic carbocycles. The fraction of sp³-hybridized carbons (Fsp3) is 0.500. The van der Waals surface area contributed by atoms with Gasteiger partial charge >= 0.3 is 0 Å². The lowest BCUT2D eigenvalue weighted by Crippen LogP contribution is -2.39. The van der Waals surface area contributed by atoms with Crippen molar-refractivity contribution in [1.29, 1.82) is 0 Å². The van der Waals surface area contributed by atoms with Gasteiger partial charge in [-0.1, -0.05) is 43.1 Å². The van der Waals surface area contributed by atoms with Crippen molar-refractivity contribution in [2.24, 2.45) is 5.92 Å². The minimum atomic E-state index is -0.0637. The van der Waals surface area contributed by atoms with Gasteiger partial charge in [-0.15, -0.1) is 0 Å². The standard InChI is InChI=1S/C14H19Cl2NO/c1-9(2)8-17(10(3)4)14(18)11-6-5-7-12(15)13(11)16/h5-7,9-10H,8H2,1-4H3. The molecule has 100 valence electrons. The number of carbonyl (C=O) groups excluding carboxylic acids is 1. The third kappa shape index (κ3) is 3.63. The Morgan fingerprint density at radius 2 is 1.83 bits per heavy atom. The molecule has 1 rings (SSSR count). The van der Waals surface area contributed by atoms with Crippen molar-refractivity contribution in [3.63, 3.8) is 0 Å². The van der Waals surface area contributed by atoms with E-state index in [9.17, 15) is 4.79 Å². The van der Waals surface area contributed by atoms with Crippen LogP contribution < -0.4 is 0 Å². The second-order valence-corrected chi connectivity index (χ2v) is 5.83. The molecule has 0 bridgehead atoms. The zero-order valence-corrected chi connectivity index (χ0v) is 12.7. The minimum absolute atomic E-state index is 0.0637. The number of amides is 1. The third-order valence-electron chi connectivity index (χ3n) is 2.63. The molecule has 0 fully saturated rings. The maximum atomic E-state index is 12.5. The Kier molecular flexibility index (Phi) is 5.48. The minimum Gasteiger partial charge on any atom is -0.336 e. The topological polar surface area (TPSA) is 20.3 Å². The Bertz CT molecular complexity index is 430. The molecule has 1 amide bonds. The summed E-state index contributed by atoms with van der Waals surface area (Å²) in [6.45, 7) is 8.88. The molecule has 1 aromatic rings. The first-order chi connectivity index (χ1) is 8.34. The number of carbonyl (C=O) groups is 1. The normalized spacial score (nSPS) is 11.1. The maximum Gasteiger partial charge on any atom is 0.255 e. The van der Waals surface area contributed by atoms with Gasteiger partial charge in [0.25, 0.3) is 5.91 Å². The van der Waals surface area contributed by atoms with E-state index < -0.39 is 0 Å². The molecule has 0 N–H and O–H groups in total. The van der Waals surface area contributed by atoms with Crippen LogP contribution in [0.4, 0.5) is 0 Å². The van der Waals surface area contributed by atoms with Gasteiger partial charge in [0.05, 0.1) is 15.6 Å². The van der Waals surface area contributed by atoms with E-state index in [0.717, 1.165) is 0 Å².